The van der Waals surface area contributed by atoms with Gasteiger partial charge in [-0.05, 0) is 26.2 Å². The van der Waals surface area contributed by atoms with Crippen LogP contribution in [0.3, 0.4) is 0 Å². The van der Waals surface area contributed by atoms with Crippen LogP contribution >= 0.6 is 0 Å². The zero-order valence-electron chi connectivity index (χ0n) is 19.4. The lowest BCUT2D eigenvalue weighted by molar-refractivity contribution is -0.119. The molecule has 0 radical (unpaired) electrons. The van der Waals surface area contributed by atoms with Gasteiger partial charge in [-0.25, -0.2) is 0 Å². The van der Waals surface area contributed by atoms with Crippen molar-refractivity contribution in [2.24, 2.45) is 0 Å². The van der Waals surface area contributed by atoms with Crippen molar-refractivity contribution in [2.75, 3.05) is 0 Å². The second kappa shape index (κ2) is 22.6. The van der Waals surface area contributed by atoms with Gasteiger partial charge in [0, 0.05) is 19.3 Å². The highest BCUT2D eigenvalue weighted by Crippen LogP contribution is 2.14. The quantitative estimate of drug-likeness (QED) is 0.162. The van der Waals surface area contributed by atoms with Crippen LogP contribution in [0.2, 0.25) is 0 Å². The number of Topliss-reactive ketones (excluding diaryl/α,β-unsaturated/α-hetero) is 2. The van der Waals surface area contributed by atoms with Gasteiger partial charge in [-0.15, -0.1) is 0 Å². The summed E-state index contributed by atoms with van der Waals surface area (Å²) in [5.74, 6) is 0.828. The number of unbranched alkanes of at least 4 members (excludes halogenated alkanes) is 17. The van der Waals surface area contributed by atoms with E-state index in [0.29, 0.717) is 11.6 Å². The third-order valence-electron chi connectivity index (χ3n) is 5.79. The Kier molecular flexibility index (Phi) is 22.1. The summed E-state index contributed by atoms with van der Waals surface area (Å²) < 4.78 is 0. The average molecular weight is 395 g/mol. The summed E-state index contributed by atoms with van der Waals surface area (Å²) in [6, 6.07) is 0. The molecule has 0 aliphatic carbocycles. The Morgan fingerprint density at radius 2 is 0.714 bits per heavy atom. The van der Waals surface area contributed by atoms with Gasteiger partial charge in [-0.3, -0.25) is 4.79 Å². The normalized spacial score (nSPS) is 11.1. The Morgan fingerprint density at radius 3 is 1.04 bits per heavy atom. The number of rotatable bonds is 23. The fraction of sp³-hybridized carbons (Fsp3) is 0.923. The highest BCUT2D eigenvalue weighted by molar-refractivity contribution is 5.78. The molecular weight excluding hydrogens is 344 g/mol. The highest BCUT2D eigenvalue weighted by atomic mass is 16.1. The third-order valence-corrected chi connectivity index (χ3v) is 5.79. The van der Waals surface area contributed by atoms with Crippen molar-refractivity contribution in [3.8, 4) is 0 Å². The summed E-state index contributed by atoms with van der Waals surface area (Å²) in [7, 11) is 0. The van der Waals surface area contributed by atoms with Gasteiger partial charge < -0.3 is 4.79 Å². The molecule has 0 saturated carbocycles. The molecule has 2 heteroatoms. The van der Waals surface area contributed by atoms with Crippen LogP contribution in [0, 0.1) is 0 Å². The predicted octanol–water partition coefficient (Wildman–Crippen LogP) is 8.75. The minimum atomic E-state index is 0.331. The first-order chi connectivity index (χ1) is 13.7. The number of carbonyl (C=O) groups is 2. The number of carbonyl (C=O) groups excluding carboxylic acids is 2. The number of hydrogen-bond acceptors (Lipinski definition) is 2. The van der Waals surface area contributed by atoms with Crippen molar-refractivity contribution in [3.05, 3.63) is 0 Å². The van der Waals surface area contributed by atoms with E-state index < -0.39 is 0 Å². The fourth-order valence-corrected chi connectivity index (χ4v) is 3.87. The van der Waals surface area contributed by atoms with Crippen molar-refractivity contribution >= 4 is 11.6 Å². The van der Waals surface area contributed by atoms with Crippen LogP contribution in [0.25, 0.3) is 0 Å². The van der Waals surface area contributed by atoms with Gasteiger partial charge >= 0.3 is 0 Å². The molecule has 0 amide bonds. The van der Waals surface area contributed by atoms with E-state index in [-0.39, 0.29) is 0 Å². The van der Waals surface area contributed by atoms with Crippen molar-refractivity contribution < 1.29 is 9.59 Å². The Morgan fingerprint density at radius 1 is 0.429 bits per heavy atom. The highest BCUT2D eigenvalue weighted by Gasteiger charge is 2.02. The number of hydrogen-bond donors (Lipinski definition) is 0. The average Bonchev–Trinajstić information content (AvgIpc) is 2.67. The van der Waals surface area contributed by atoms with Crippen LogP contribution in [-0.4, -0.2) is 11.6 Å². The molecule has 0 rings (SSSR count). The Bertz CT molecular complexity index is 348. The van der Waals surface area contributed by atoms with E-state index in [0.717, 1.165) is 38.5 Å². The summed E-state index contributed by atoms with van der Waals surface area (Å²) in [5, 5.41) is 0. The molecule has 0 aliphatic rings. The van der Waals surface area contributed by atoms with Gasteiger partial charge in [0.15, 0.2) is 0 Å². The maximum Gasteiger partial charge on any atom is 0.132 e. The lowest BCUT2D eigenvalue weighted by Crippen LogP contribution is -1.97. The minimum Gasteiger partial charge on any atom is -0.300 e. The first kappa shape index (κ1) is 27.3. The molecule has 0 aromatic rings. The largest absolute Gasteiger partial charge is 0.300 e. The Balaban J connectivity index is 3.14. The van der Waals surface area contributed by atoms with E-state index in [4.69, 9.17) is 0 Å². The molecule has 0 fully saturated rings. The first-order valence-corrected chi connectivity index (χ1v) is 12.7. The van der Waals surface area contributed by atoms with E-state index >= 15 is 0 Å². The van der Waals surface area contributed by atoms with Gasteiger partial charge in [0.1, 0.15) is 11.6 Å². The van der Waals surface area contributed by atoms with E-state index in [1.165, 1.54) is 103 Å². The van der Waals surface area contributed by atoms with Gasteiger partial charge in [0.2, 0.25) is 0 Å². The molecule has 0 N–H and O–H groups in total. The standard InChI is InChI=1S/C26H50O2/c1-3-4-5-6-13-17-20-23-26(28)24-21-18-15-12-10-8-7-9-11-14-16-19-22-25(2)27/h3-24H2,1-2H3. The van der Waals surface area contributed by atoms with Crippen LogP contribution in [-0.2, 0) is 9.59 Å². The van der Waals surface area contributed by atoms with Crippen molar-refractivity contribution in [2.45, 2.75) is 155 Å². The summed E-state index contributed by atoms with van der Waals surface area (Å²) in [5.41, 5.74) is 0. The molecule has 166 valence electrons. The Hall–Kier alpha value is -0.660. The monoisotopic (exact) mass is 394 g/mol. The maximum atomic E-state index is 11.9. The summed E-state index contributed by atoms with van der Waals surface area (Å²) in [6.07, 6.45) is 26.8. The lowest BCUT2D eigenvalue weighted by atomic mass is 10.0. The third kappa shape index (κ3) is 23.4. The van der Waals surface area contributed by atoms with Crippen LogP contribution < -0.4 is 0 Å². The van der Waals surface area contributed by atoms with Gasteiger partial charge in [0.25, 0.3) is 0 Å². The maximum absolute atomic E-state index is 11.9. The van der Waals surface area contributed by atoms with Gasteiger partial charge in [-0.2, -0.15) is 0 Å². The SMILES string of the molecule is CCCCCCCCCC(=O)CCCCCCCCCCCCCCC(C)=O. The lowest BCUT2D eigenvalue weighted by Gasteiger charge is -2.04. The molecule has 2 nitrogen and oxygen atoms in total. The van der Waals surface area contributed by atoms with E-state index in [1.807, 2.05) is 0 Å². The molecule has 0 spiro atoms. The number of ketones is 2. The molecule has 0 aliphatic heterocycles. The molecule has 28 heavy (non-hydrogen) atoms. The van der Waals surface area contributed by atoms with Gasteiger partial charge in [-0.1, -0.05) is 110 Å². The van der Waals surface area contributed by atoms with E-state index in [9.17, 15) is 9.59 Å². The molecular formula is C26H50O2. The zero-order valence-corrected chi connectivity index (χ0v) is 19.4. The van der Waals surface area contributed by atoms with Crippen LogP contribution in [0.1, 0.15) is 155 Å². The second-order valence-electron chi connectivity index (χ2n) is 8.85. The predicted molar refractivity (Wildman–Crippen MR) is 123 cm³/mol. The molecule has 0 saturated heterocycles. The van der Waals surface area contributed by atoms with Crippen molar-refractivity contribution in [3.63, 3.8) is 0 Å². The summed E-state index contributed by atoms with van der Waals surface area (Å²) in [4.78, 5) is 22.7. The first-order valence-electron chi connectivity index (χ1n) is 12.7. The molecule has 0 aromatic carbocycles. The fourth-order valence-electron chi connectivity index (χ4n) is 3.87. The Labute approximate surface area is 176 Å². The minimum absolute atomic E-state index is 0.331. The second-order valence-corrected chi connectivity index (χ2v) is 8.85. The van der Waals surface area contributed by atoms with E-state index in [1.54, 1.807) is 6.92 Å². The van der Waals surface area contributed by atoms with Crippen molar-refractivity contribution in [1.82, 2.24) is 0 Å². The summed E-state index contributed by atoms with van der Waals surface area (Å²) >= 11 is 0. The summed E-state index contributed by atoms with van der Waals surface area (Å²) in [6.45, 7) is 3.94. The smallest absolute Gasteiger partial charge is 0.132 e. The molecule has 0 aromatic heterocycles. The van der Waals surface area contributed by atoms with E-state index in [2.05, 4.69) is 6.92 Å². The van der Waals surface area contributed by atoms with Crippen LogP contribution in [0.4, 0.5) is 0 Å². The van der Waals surface area contributed by atoms with Crippen molar-refractivity contribution in [1.29, 1.82) is 0 Å². The molecule has 0 bridgehead atoms. The van der Waals surface area contributed by atoms with Crippen LogP contribution in [0.15, 0.2) is 0 Å². The van der Waals surface area contributed by atoms with Crippen LogP contribution in [0.5, 0.6) is 0 Å². The zero-order chi connectivity index (χ0) is 20.7. The molecule has 0 unspecified atom stereocenters. The topological polar surface area (TPSA) is 34.1 Å². The molecule has 0 heterocycles. The molecule has 0 atom stereocenters. The van der Waals surface area contributed by atoms with Gasteiger partial charge in [0.05, 0.1) is 0 Å².